The third kappa shape index (κ3) is 5.50. The van der Waals surface area contributed by atoms with Gasteiger partial charge in [0.15, 0.2) is 0 Å². The summed E-state index contributed by atoms with van der Waals surface area (Å²) in [5.41, 5.74) is 2.53. The smallest absolute Gasteiger partial charge is 0.243 e. The van der Waals surface area contributed by atoms with Gasteiger partial charge < -0.3 is 5.32 Å². The monoisotopic (exact) mass is 522 g/mol. The normalized spacial score (nSPS) is 11.6. The van der Waals surface area contributed by atoms with Gasteiger partial charge in [-0.2, -0.15) is 4.31 Å². The molecule has 1 amide bonds. The van der Waals surface area contributed by atoms with E-state index in [2.05, 4.69) is 21.2 Å². The number of carbonyl (C=O) groups excluding carboxylic acids is 1. The lowest BCUT2D eigenvalue weighted by atomic mass is 10.1. The van der Waals surface area contributed by atoms with Crippen LogP contribution in [0.15, 0.2) is 100 Å². The number of rotatable bonds is 7. The van der Waals surface area contributed by atoms with Crippen LogP contribution >= 0.6 is 15.9 Å². The number of nitrogens with zero attached hydrogens (tertiary/aromatic N) is 1. The first kappa shape index (κ1) is 23.2. The van der Waals surface area contributed by atoms with E-state index < -0.39 is 15.9 Å². The Balaban J connectivity index is 1.63. The molecule has 0 bridgehead atoms. The highest BCUT2D eigenvalue weighted by Gasteiger charge is 2.27. The molecule has 0 saturated carbocycles. The molecule has 5 nitrogen and oxygen atoms in total. The molecule has 0 aromatic heterocycles. The molecule has 0 unspecified atom stereocenters. The van der Waals surface area contributed by atoms with E-state index in [0.717, 1.165) is 26.4 Å². The molecule has 0 saturated heterocycles. The van der Waals surface area contributed by atoms with Gasteiger partial charge in [-0.05, 0) is 48.2 Å². The minimum atomic E-state index is -3.90. The van der Waals surface area contributed by atoms with Crippen molar-refractivity contribution in [1.82, 2.24) is 4.31 Å². The lowest BCUT2D eigenvalue weighted by Crippen LogP contribution is -2.37. The number of sulfonamides is 1. The number of hydrogen-bond acceptors (Lipinski definition) is 3. The number of anilines is 1. The van der Waals surface area contributed by atoms with E-state index >= 15 is 0 Å². The predicted molar refractivity (Wildman–Crippen MR) is 135 cm³/mol. The fourth-order valence-electron chi connectivity index (χ4n) is 3.56. The second-order valence-corrected chi connectivity index (χ2v) is 10.6. The minimum absolute atomic E-state index is 0.0850. The van der Waals surface area contributed by atoms with Crippen molar-refractivity contribution in [3.05, 3.63) is 107 Å². The Morgan fingerprint density at radius 3 is 2.27 bits per heavy atom. The number of carbonyl (C=O) groups is 1. The van der Waals surface area contributed by atoms with Crippen LogP contribution in [0.4, 0.5) is 5.69 Å². The van der Waals surface area contributed by atoms with Gasteiger partial charge in [0.25, 0.3) is 0 Å². The lowest BCUT2D eigenvalue weighted by Gasteiger charge is -2.22. The SMILES string of the molecule is Cc1ccc(CN(CC(=O)Nc2cccc3ccccc23)S(=O)(=O)c2ccc(Br)cc2)cc1. The average Bonchev–Trinajstić information content (AvgIpc) is 2.80. The summed E-state index contributed by atoms with van der Waals surface area (Å²) < 4.78 is 28.9. The van der Waals surface area contributed by atoms with Crippen molar-refractivity contribution in [2.75, 3.05) is 11.9 Å². The molecule has 0 fully saturated rings. The molecule has 168 valence electrons. The summed E-state index contributed by atoms with van der Waals surface area (Å²) in [6.07, 6.45) is 0. The number of aryl methyl sites for hydroxylation is 1. The van der Waals surface area contributed by atoms with Crippen molar-refractivity contribution in [2.45, 2.75) is 18.4 Å². The largest absolute Gasteiger partial charge is 0.324 e. The van der Waals surface area contributed by atoms with E-state index in [-0.39, 0.29) is 18.0 Å². The maximum atomic E-state index is 13.4. The van der Waals surface area contributed by atoms with E-state index in [1.165, 1.54) is 16.4 Å². The fourth-order valence-corrected chi connectivity index (χ4v) is 5.21. The highest BCUT2D eigenvalue weighted by molar-refractivity contribution is 9.10. The molecule has 7 heteroatoms. The summed E-state index contributed by atoms with van der Waals surface area (Å²) in [6.45, 7) is 1.74. The third-order valence-corrected chi connectivity index (χ3v) is 7.65. The van der Waals surface area contributed by atoms with Crippen LogP contribution in [0.5, 0.6) is 0 Å². The lowest BCUT2D eigenvalue weighted by molar-refractivity contribution is -0.116. The van der Waals surface area contributed by atoms with Crippen LogP contribution in [0.2, 0.25) is 0 Å². The van der Waals surface area contributed by atoms with Gasteiger partial charge in [0.05, 0.1) is 11.4 Å². The average molecular weight is 523 g/mol. The van der Waals surface area contributed by atoms with Crippen LogP contribution in [0.3, 0.4) is 0 Å². The van der Waals surface area contributed by atoms with Gasteiger partial charge in [-0.3, -0.25) is 4.79 Å². The second-order valence-electron chi connectivity index (χ2n) is 7.79. The Kier molecular flexibility index (Phi) is 6.93. The van der Waals surface area contributed by atoms with Crippen molar-refractivity contribution < 1.29 is 13.2 Å². The Morgan fingerprint density at radius 2 is 1.55 bits per heavy atom. The van der Waals surface area contributed by atoms with Crippen LogP contribution in [-0.4, -0.2) is 25.2 Å². The molecule has 0 aliphatic rings. The summed E-state index contributed by atoms with van der Waals surface area (Å²) in [6, 6.07) is 27.4. The van der Waals surface area contributed by atoms with Crippen molar-refractivity contribution in [3.63, 3.8) is 0 Å². The number of halogens is 1. The van der Waals surface area contributed by atoms with E-state index in [9.17, 15) is 13.2 Å². The Bertz CT molecular complexity index is 1380. The quantitative estimate of drug-likeness (QED) is 0.336. The van der Waals surface area contributed by atoms with Gasteiger partial charge in [0.1, 0.15) is 0 Å². The molecule has 0 radical (unpaired) electrons. The van der Waals surface area contributed by atoms with Gasteiger partial charge in [-0.25, -0.2) is 8.42 Å². The molecule has 0 atom stereocenters. The van der Waals surface area contributed by atoms with Crippen LogP contribution in [0.25, 0.3) is 10.8 Å². The third-order valence-electron chi connectivity index (χ3n) is 5.31. The first-order valence-electron chi connectivity index (χ1n) is 10.4. The molecule has 4 rings (SSSR count). The maximum Gasteiger partial charge on any atom is 0.243 e. The molecule has 0 aliphatic carbocycles. The van der Waals surface area contributed by atoms with Gasteiger partial charge in [-0.15, -0.1) is 0 Å². The molecule has 0 heterocycles. The number of benzene rings is 4. The summed E-state index contributed by atoms with van der Waals surface area (Å²) in [5, 5.41) is 4.78. The predicted octanol–water partition coefficient (Wildman–Crippen LogP) is 5.74. The van der Waals surface area contributed by atoms with Gasteiger partial charge in [0, 0.05) is 22.1 Å². The molecule has 0 spiro atoms. The highest BCUT2D eigenvalue weighted by atomic mass is 79.9. The summed E-state index contributed by atoms with van der Waals surface area (Å²) in [7, 11) is -3.90. The number of hydrogen-bond donors (Lipinski definition) is 1. The minimum Gasteiger partial charge on any atom is -0.324 e. The Hall–Kier alpha value is -3.00. The van der Waals surface area contributed by atoms with Gasteiger partial charge in [0.2, 0.25) is 15.9 Å². The van der Waals surface area contributed by atoms with Crippen molar-refractivity contribution >= 4 is 48.3 Å². The van der Waals surface area contributed by atoms with Gasteiger partial charge >= 0.3 is 0 Å². The van der Waals surface area contributed by atoms with Crippen molar-refractivity contribution in [2.24, 2.45) is 0 Å². The number of amides is 1. The zero-order valence-electron chi connectivity index (χ0n) is 18.0. The molecular weight excluding hydrogens is 500 g/mol. The van der Waals surface area contributed by atoms with Gasteiger partial charge in [-0.1, -0.05) is 82.2 Å². The summed E-state index contributed by atoms with van der Waals surface area (Å²) in [5.74, 6) is -0.404. The zero-order chi connectivity index (χ0) is 23.4. The molecule has 33 heavy (non-hydrogen) atoms. The van der Waals surface area contributed by atoms with Crippen LogP contribution in [0.1, 0.15) is 11.1 Å². The number of fused-ring (bicyclic) bond motifs is 1. The van der Waals surface area contributed by atoms with E-state index in [4.69, 9.17) is 0 Å². The van der Waals surface area contributed by atoms with E-state index in [1.54, 1.807) is 12.1 Å². The first-order valence-corrected chi connectivity index (χ1v) is 12.6. The molecule has 4 aromatic carbocycles. The highest BCUT2D eigenvalue weighted by Crippen LogP contribution is 2.24. The van der Waals surface area contributed by atoms with E-state index in [0.29, 0.717) is 5.69 Å². The molecule has 4 aromatic rings. The van der Waals surface area contributed by atoms with E-state index in [1.807, 2.05) is 73.7 Å². The van der Waals surface area contributed by atoms with Crippen LogP contribution in [-0.2, 0) is 21.4 Å². The second kappa shape index (κ2) is 9.87. The fraction of sp³-hybridized carbons (Fsp3) is 0.115. The topological polar surface area (TPSA) is 66.5 Å². The van der Waals surface area contributed by atoms with Crippen LogP contribution < -0.4 is 5.32 Å². The Morgan fingerprint density at radius 1 is 0.879 bits per heavy atom. The maximum absolute atomic E-state index is 13.4. The zero-order valence-corrected chi connectivity index (χ0v) is 20.4. The summed E-state index contributed by atoms with van der Waals surface area (Å²) in [4.78, 5) is 13.2. The Labute approximate surface area is 202 Å². The number of nitrogens with one attached hydrogen (secondary N) is 1. The van der Waals surface area contributed by atoms with Crippen molar-refractivity contribution in [1.29, 1.82) is 0 Å². The molecular formula is C26H23BrN2O3S. The molecule has 1 N–H and O–H groups in total. The first-order chi connectivity index (χ1) is 15.8. The van der Waals surface area contributed by atoms with Crippen LogP contribution in [0, 0.1) is 6.92 Å². The summed E-state index contributed by atoms with van der Waals surface area (Å²) >= 11 is 3.33. The molecule has 0 aliphatic heterocycles. The van der Waals surface area contributed by atoms with Crippen molar-refractivity contribution in [3.8, 4) is 0 Å². The standard InChI is InChI=1S/C26H23BrN2O3S/c1-19-9-11-20(12-10-19)17-29(33(31,32)23-15-13-22(27)14-16-23)18-26(30)28-25-8-4-6-21-5-2-3-7-24(21)25/h2-16H,17-18H2,1H3,(H,28,30).